The summed E-state index contributed by atoms with van der Waals surface area (Å²) in [5.41, 5.74) is 2.60. The van der Waals surface area contributed by atoms with Gasteiger partial charge in [-0.05, 0) is 38.8 Å². The Morgan fingerprint density at radius 2 is 2.07 bits per heavy atom. The number of aromatic amines is 1. The molecule has 1 amide bonds. The van der Waals surface area contributed by atoms with E-state index in [1.54, 1.807) is 0 Å². The van der Waals surface area contributed by atoms with Gasteiger partial charge in [-0.15, -0.1) is 0 Å². The van der Waals surface area contributed by atoms with Gasteiger partial charge in [-0.3, -0.25) is 9.69 Å². The lowest BCUT2D eigenvalue weighted by Gasteiger charge is -2.43. The molecule has 3 atom stereocenters. The molecule has 2 aromatic rings. The van der Waals surface area contributed by atoms with Crippen LogP contribution in [0.2, 0.25) is 0 Å². The molecule has 27 heavy (non-hydrogen) atoms. The first-order chi connectivity index (χ1) is 12.8. The normalized spacial score (nSPS) is 23.8. The van der Waals surface area contributed by atoms with Crippen LogP contribution in [0.4, 0.5) is 0 Å². The van der Waals surface area contributed by atoms with Crippen LogP contribution in [0.15, 0.2) is 24.3 Å². The quantitative estimate of drug-likeness (QED) is 0.797. The smallest absolute Gasteiger partial charge is 0.331 e. The average molecular weight is 371 g/mol. The summed E-state index contributed by atoms with van der Waals surface area (Å²) in [7, 11) is 1.27. The molecular weight excluding hydrogens is 346 g/mol. The molecule has 2 aliphatic heterocycles. The van der Waals surface area contributed by atoms with Crippen LogP contribution in [0.25, 0.3) is 10.9 Å². The highest BCUT2D eigenvalue weighted by atomic mass is 16.5. The van der Waals surface area contributed by atoms with Crippen molar-refractivity contribution in [2.75, 3.05) is 7.11 Å². The van der Waals surface area contributed by atoms with Crippen LogP contribution in [0, 0.1) is 0 Å². The van der Waals surface area contributed by atoms with E-state index in [-0.39, 0.29) is 11.9 Å². The summed E-state index contributed by atoms with van der Waals surface area (Å²) in [6.45, 7) is 5.92. The minimum atomic E-state index is -1.03. The minimum Gasteiger partial charge on any atom is -0.467 e. The number of para-hydroxylation sites is 1. The molecule has 1 saturated heterocycles. The first kappa shape index (κ1) is 18.0. The topological polar surface area (TPSA) is 85.9 Å². The van der Waals surface area contributed by atoms with E-state index in [1.807, 2.05) is 32.0 Å². The summed E-state index contributed by atoms with van der Waals surface area (Å²) in [5, 5.41) is 11.3. The zero-order valence-corrected chi connectivity index (χ0v) is 16.0. The van der Waals surface area contributed by atoms with Gasteiger partial charge in [0.15, 0.2) is 6.04 Å². The molecule has 2 aliphatic rings. The summed E-state index contributed by atoms with van der Waals surface area (Å²) in [5.74, 6) is -0.748. The van der Waals surface area contributed by atoms with Gasteiger partial charge in [0.2, 0.25) is 5.91 Å². The first-order valence-corrected chi connectivity index (χ1v) is 9.21. The summed E-state index contributed by atoms with van der Waals surface area (Å²) in [4.78, 5) is 32.7. The number of H-pyrrole nitrogens is 1. The number of rotatable bonds is 3. The maximum atomic E-state index is 13.3. The van der Waals surface area contributed by atoms with Crippen molar-refractivity contribution < 1.29 is 19.4 Å². The number of hydrogen-bond acceptors (Lipinski definition) is 5. The van der Waals surface area contributed by atoms with Crippen LogP contribution in [0.5, 0.6) is 0 Å². The van der Waals surface area contributed by atoms with Crippen LogP contribution in [-0.4, -0.2) is 62.7 Å². The van der Waals surface area contributed by atoms with Crippen molar-refractivity contribution in [3.8, 4) is 0 Å². The van der Waals surface area contributed by atoms with Crippen molar-refractivity contribution in [1.82, 2.24) is 14.8 Å². The van der Waals surface area contributed by atoms with Gasteiger partial charge in [-0.25, -0.2) is 4.79 Å². The van der Waals surface area contributed by atoms with Crippen molar-refractivity contribution in [3.63, 3.8) is 0 Å². The molecule has 0 radical (unpaired) electrons. The maximum Gasteiger partial charge on any atom is 0.331 e. The zero-order valence-electron chi connectivity index (χ0n) is 16.0. The predicted molar refractivity (Wildman–Crippen MR) is 99.7 cm³/mol. The Labute approximate surface area is 157 Å². The Morgan fingerprint density at radius 3 is 2.74 bits per heavy atom. The Morgan fingerprint density at radius 1 is 1.37 bits per heavy atom. The molecule has 0 spiro atoms. The maximum absolute atomic E-state index is 13.3. The Balaban J connectivity index is 1.76. The molecule has 0 saturated carbocycles. The van der Waals surface area contributed by atoms with Gasteiger partial charge in [-0.1, -0.05) is 18.2 Å². The van der Waals surface area contributed by atoms with Crippen LogP contribution in [0.3, 0.4) is 0 Å². The first-order valence-electron chi connectivity index (χ1n) is 9.21. The third-order valence-electron chi connectivity index (χ3n) is 6.00. The second-order valence-corrected chi connectivity index (χ2v) is 7.89. The number of aliphatic hydroxyl groups excluding tert-OH is 1. The van der Waals surface area contributed by atoms with Gasteiger partial charge in [0.1, 0.15) is 0 Å². The van der Waals surface area contributed by atoms with Crippen molar-refractivity contribution in [2.24, 2.45) is 0 Å². The highest BCUT2D eigenvalue weighted by molar-refractivity contribution is 5.92. The number of fused-ring (bicyclic) bond motifs is 4. The number of aromatic nitrogens is 1. The lowest BCUT2D eigenvalue weighted by atomic mass is 9.96. The van der Waals surface area contributed by atoms with Gasteiger partial charge in [0, 0.05) is 23.1 Å². The van der Waals surface area contributed by atoms with Gasteiger partial charge >= 0.3 is 5.97 Å². The third kappa shape index (κ3) is 2.49. The number of aliphatic hydroxyl groups is 1. The number of nitrogens with zero attached hydrogens (tertiary/aromatic N) is 2. The lowest BCUT2D eigenvalue weighted by molar-refractivity contribution is -0.161. The number of esters is 1. The molecule has 3 heterocycles. The van der Waals surface area contributed by atoms with Crippen molar-refractivity contribution in [2.45, 2.75) is 57.6 Å². The number of carbonyl (C=O) groups is 2. The fourth-order valence-electron chi connectivity index (χ4n) is 4.69. The SMILES string of the molecule is COC(=O)[C@H]([C@@H](C)O)N1C(=O)[C@@H]2Cc3c([nH]c4ccccc34)CN2C1(C)C. The van der Waals surface area contributed by atoms with Gasteiger partial charge in [0.25, 0.3) is 0 Å². The number of benzene rings is 1. The molecule has 2 N–H and O–H groups in total. The second-order valence-electron chi connectivity index (χ2n) is 7.89. The Hall–Kier alpha value is -2.38. The van der Waals surface area contributed by atoms with E-state index in [2.05, 4.69) is 16.0 Å². The van der Waals surface area contributed by atoms with Crippen LogP contribution >= 0.6 is 0 Å². The zero-order chi connectivity index (χ0) is 19.5. The van der Waals surface area contributed by atoms with E-state index in [4.69, 9.17) is 4.74 Å². The van der Waals surface area contributed by atoms with Crippen molar-refractivity contribution in [1.29, 1.82) is 0 Å². The van der Waals surface area contributed by atoms with Crippen LogP contribution in [0.1, 0.15) is 32.0 Å². The van der Waals surface area contributed by atoms with Crippen LogP contribution in [-0.2, 0) is 27.3 Å². The molecule has 144 valence electrons. The van der Waals surface area contributed by atoms with Gasteiger partial charge < -0.3 is 19.7 Å². The summed E-state index contributed by atoms with van der Waals surface area (Å²) in [6, 6.07) is 6.70. The summed E-state index contributed by atoms with van der Waals surface area (Å²) >= 11 is 0. The predicted octanol–water partition coefficient (Wildman–Crippen LogP) is 1.40. The molecule has 0 bridgehead atoms. The molecular formula is C20H25N3O4. The highest BCUT2D eigenvalue weighted by Crippen LogP contribution is 2.41. The molecule has 1 aromatic carbocycles. The second kappa shape index (κ2) is 6.07. The minimum absolute atomic E-state index is 0.146. The van der Waals surface area contributed by atoms with Crippen molar-refractivity contribution >= 4 is 22.8 Å². The van der Waals surface area contributed by atoms with E-state index in [0.717, 1.165) is 22.2 Å². The van der Waals surface area contributed by atoms with E-state index >= 15 is 0 Å². The fourth-order valence-corrected chi connectivity index (χ4v) is 4.69. The lowest BCUT2D eigenvalue weighted by Crippen LogP contribution is -2.59. The average Bonchev–Trinajstić information content (AvgIpc) is 3.08. The standard InChI is InChI=1S/C20H25N3O4/c1-11(24)17(19(26)27-4)23-18(25)16-9-13-12-7-5-6-8-14(12)21-15(13)10-22(16)20(23,2)3/h5-8,11,16-17,21,24H,9-10H2,1-4H3/t11-,16+,17+/m1/s1. The molecule has 0 unspecified atom stereocenters. The molecule has 1 aromatic heterocycles. The largest absolute Gasteiger partial charge is 0.467 e. The highest BCUT2D eigenvalue weighted by Gasteiger charge is 2.57. The van der Waals surface area contributed by atoms with Crippen LogP contribution < -0.4 is 0 Å². The number of ether oxygens (including phenoxy) is 1. The fraction of sp³-hybridized carbons (Fsp3) is 0.500. The van der Waals surface area contributed by atoms with E-state index in [1.165, 1.54) is 18.9 Å². The molecule has 1 fully saturated rings. The molecule has 0 aliphatic carbocycles. The van der Waals surface area contributed by atoms with E-state index in [9.17, 15) is 14.7 Å². The van der Waals surface area contributed by atoms with E-state index in [0.29, 0.717) is 13.0 Å². The number of methoxy groups -OCH3 is 1. The van der Waals surface area contributed by atoms with Gasteiger partial charge in [-0.2, -0.15) is 0 Å². The number of carbonyl (C=O) groups excluding carboxylic acids is 2. The summed E-state index contributed by atoms with van der Waals surface area (Å²) in [6.07, 6.45) is -0.452. The van der Waals surface area contributed by atoms with Crippen molar-refractivity contribution in [3.05, 3.63) is 35.5 Å². The third-order valence-corrected chi connectivity index (χ3v) is 6.00. The summed E-state index contributed by atoms with van der Waals surface area (Å²) < 4.78 is 4.87. The molecule has 7 heteroatoms. The molecule has 7 nitrogen and oxygen atoms in total. The van der Waals surface area contributed by atoms with Gasteiger partial charge in [0.05, 0.1) is 24.9 Å². The monoisotopic (exact) mass is 371 g/mol. The number of hydrogen-bond donors (Lipinski definition) is 2. The number of amides is 1. The Bertz CT molecular complexity index is 917. The number of nitrogens with one attached hydrogen (secondary N) is 1. The Kier molecular flexibility index (Phi) is 4.05. The van der Waals surface area contributed by atoms with E-state index < -0.39 is 23.8 Å². The molecule has 4 rings (SSSR count).